The Morgan fingerprint density at radius 3 is 2.46 bits per heavy atom. The van der Waals surface area contributed by atoms with E-state index in [1.54, 1.807) is 24.1 Å². The third-order valence-electron chi connectivity index (χ3n) is 6.69. The van der Waals surface area contributed by atoms with E-state index in [1.165, 1.54) is 11.1 Å². The van der Waals surface area contributed by atoms with Gasteiger partial charge in [-0.2, -0.15) is 0 Å². The zero-order valence-corrected chi connectivity index (χ0v) is 20.9. The van der Waals surface area contributed by atoms with Gasteiger partial charge in [0.2, 0.25) is 11.8 Å². The van der Waals surface area contributed by atoms with Crippen LogP contribution in [0.5, 0.6) is 0 Å². The van der Waals surface area contributed by atoms with Gasteiger partial charge in [-0.15, -0.1) is 0 Å². The van der Waals surface area contributed by atoms with Gasteiger partial charge >= 0.3 is 0 Å². The molecule has 5 nitrogen and oxygen atoms in total. The maximum atomic E-state index is 13.8. The number of amides is 2. The zero-order chi connectivity index (χ0) is 25.0. The molecule has 0 bridgehead atoms. The van der Waals surface area contributed by atoms with Gasteiger partial charge in [-0.25, -0.2) is 0 Å². The molecule has 0 fully saturated rings. The van der Waals surface area contributed by atoms with E-state index in [0.29, 0.717) is 25.9 Å². The first-order chi connectivity index (χ1) is 16.7. The van der Waals surface area contributed by atoms with Gasteiger partial charge in [0.1, 0.15) is 6.04 Å². The van der Waals surface area contributed by atoms with E-state index in [2.05, 4.69) is 42.5 Å². The fourth-order valence-corrected chi connectivity index (χ4v) is 4.61. The Hall–Kier alpha value is -3.44. The summed E-state index contributed by atoms with van der Waals surface area (Å²) in [4.78, 5) is 30.4. The van der Waals surface area contributed by atoms with Crippen LogP contribution in [0.3, 0.4) is 0 Å². The van der Waals surface area contributed by atoms with Gasteiger partial charge in [0.15, 0.2) is 0 Å². The fraction of sp³-hybridized carbons (Fsp3) is 0.333. The van der Waals surface area contributed by atoms with Crippen molar-refractivity contribution >= 4 is 22.6 Å². The molecule has 1 heterocycles. The molecule has 2 N–H and O–H groups in total. The molecular weight excluding hydrogens is 434 g/mol. The first-order valence-electron chi connectivity index (χ1n) is 12.3. The van der Waals surface area contributed by atoms with E-state index in [-0.39, 0.29) is 11.8 Å². The molecular formula is C30H35N3O2. The molecule has 5 heteroatoms. The van der Waals surface area contributed by atoms with Gasteiger partial charge in [-0.1, -0.05) is 72.8 Å². The summed E-state index contributed by atoms with van der Waals surface area (Å²) in [5, 5.41) is 2.28. The highest BCUT2D eigenvalue weighted by atomic mass is 16.2. The van der Waals surface area contributed by atoms with Crippen LogP contribution in [0.4, 0.5) is 0 Å². The Kier molecular flexibility index (Phi) is 7.37. The molecule has 0 aliphatic carbocycles. The lowest BCUT2D eigenvalue weighted by Crippen LogP contribution is -2.51. The number of benzene rings is 3. The van der Waals surface area contributed by atoms with E-state index >= 15 is 0 Å². The standard InChI is InChI=1S/C30H35N3O2/c1-30(2,31)17-8-13-28(34)32(3)27(20-22-14-15-23-9-4-6-11-25(23)19-22)29(35)33-18-16-24-10-5-7-12-26(24)21-33/h4-15,19,27H,16-18,20-21,31H2,1-3H3/b13-8+/t27-/m1/s1. The van der Waals surface area contributed by atoms with Crippen molar-refractivity contribution in [2.45, 2.75) is 51.2 Å². The maximum Gasteiger partial charge on any atom is 0.246 e. The number of hydrogen-bond acceptors (Lipinski definition) is 3. The second-order valence-electron chi connectivity index (χ2n) is 10.2. The van der Waals surface area contributed by atoms with Gasteiger partial charge < -0.3 is 15.5 Å². The average molecular weight is 470 g/mol. The Balaban J connectivity index is 1.59. The number of likely N-dealkylation sites (N-methyl/N-ethyl adjacent to an activating group) is 1. The molecule has 0 spiro atoms. The van der Waals surface area contributed by atoms with E-state index in [0.717, 1.165) is 22.8 Å². The maximum absolute atomic E-state index is 13.8. The van der Waals surface area contributed by atoms with Gasteiger partial charge in [0.05, 0.1) is 0 Å². The SMILES string of the molecule is CN(C(=O)/C=C/CC(C)(C)N)[C@H](Cc1ccc2ccccc2c1)C(=O)N1CCc2ccccc2C1. The summed E-state index contributed by atoms with van der Waals surface area (Å²) < 4.78 is 0. The Morgan fingerprint density at radius 2 is 1.71 bits per heavy atom. The molecule has 1 atom stereocenters. The second-order valence-corrected chi connectivity index (χ2v) is 10.2. The summed E-state index contributed by atoms with van der Waals surface area (Å²) in [6.07, 6.45) is 5.21. The quantitative estimate of drug-likeness (QED) is 0.519. The lowest BCUT2D eigenvalue weighted by atomic mass is 9.97. The lowest BCUT2D eigenvalue weighted by Gasteiger charge is -2.35. The summed E-state index contributed by atoms with van der Waals surface area (Å²) in [6, 6.07) is 22.1. The van der Waals surface area contributed by atoms with Crippen LogP contribution in [-0.2, 0) is 29.0 Å². The summed E-state index contributed by atoms with van der Waals surface area (Å²) in [5.41, 5.74) is 9.16. The molecule has 0 saturated carbocycles. The average Bonchev–Trinajstić information content (AvgIpc) is 2.85. The number of rotatable bonds is 7. The summed E-state index contributed by atoms with van der Waals surface area (Å²) in [7, 11) is 1.72. The normalized spacial score (nSPS) is 14.7. The van der Waals surface area contributed by atoms with Gasteiger partial charge in [0, 0.05) is 32.1 Å². The molecule has 0 aromatic heterocycles. The summed E-state index contributed by atoms with van der Waals surface area (Å²) in [5.74, 6) is -0.207. The molecule has 2 amide bonds. The van der Waals surface area contributed by atoms with Crippen LogP contribution in [0, 0.1) is 0 Å². The van der Waals surface area contributed by atoms with Crippen molar-refractivity contribution in [3.05, 3.63) is 95.6 Å². The molecule has 3 aromatic carbocycles. The van der Waals surface area contributed by atoms with Crippen molar-refractivity contribution in [2.24, 2.45) is 5.73 Å². The van der Waals surface area contributed by atoms with Crippen LogP contribution in [0.15, 0.2) is 78.9 Å². The number of nitrogens with two attached hydrogens (primary N) is 1. The molecule has 0 radical (unpaired) electrons. The lowest BCUT2D eigenvalue weighted by molar-refractivity contribution is -0.143. The summed E-state index contributed by atoms with van der Waals surface area (Å²) >= 11 is 0. The number of hydrogen-bond donors (Lipinski definition) is 1. The zero-order valence-electron chi connectivity index (χ0n) is 20.9. The van der Waals surface area contributed by atoms with Gasteiger partial charge in [-0.3, -0.25) is 9.59 Å². The Labute approximate surface area is 208 Å². The first-order valence-corrected chi connectivity index (χ1v) is 12.3. The summed E-state index contributed by atoms with van der Waals surface area (Å²) in [6.45, 7) is 5.07. The first kappa shape index (κ1) is 24.7. The Bertz CT molecular complexity index is 1240. The third-order valence-corrected chi connectivity index (χ3v) is 6.69. The number of carbonyl (C=O) groups excluding carboxylic acids is 2. The van der Waals surface area contributed by atoms with Crippen LogP contribution in [0.1, 0.15) is 37.0 Å². The van der Waals surface area contributed by atoms with Crippen LogP contribution < -0.4 is 5.73 Å². The third kappa shape index (κ3) is 6.17. The molecule has 4 rings (SSSR count). The predicted molar refractivity (Wildman–Crippen MR) is 142 cm³/mol. The second kappa shape index (κ2) is 10.4. The molecule has 0 unspecified atom stereocenters. The van der Waals surface area contributed by atoms with Crippen molar-refractivity contribution < 1.29 is 9.59 Å². The van der Waals surface area contributed by atoms with E-state index in [1.807, 2.05) is 43.0 Å². The number of carbonyl (C=O) groups is 2. The van der Waals surface area contributed by atoms with Crippen molar-refractivity contribution in [3.63, 3.8) is 0 Å². The molecule has 0 saturated heterocycles. The van der Waals surface area contributed by atoms with Crippen molar-refractivity contribution in [1.29, 1.82) is 0 Å². The fourth-order valence-electron chi connectivity index (χ4n) is 4.61. The van der Waals surface area contributed by atoms with Crippen LogP contribution in [-0.4, -0.2) is 46.8 Å². The van der Waals surface area contributed by atoms with Crippen LogP contribution in [0.2, 0.25) is 0 Å². The van der Waals surface area contributed by atoms with E-state index in [4.69, 9.17) is 5.73 Å². The minimum absolute atomic E-state index is 0.0175. The molecule has 3 aromatic rings. The molecule has 1 aliphatic heterocycles. The van der Waals surface area contributed by atoms with Crippen molar-refractivity contribution in [1.82, 2.24) is 9.80 Å². The highest BCUT2D eigenvalue weighted by Crippen LogP contribution is 2.23. The topological polar surface area (TPSA) is 66.6 Å². The minimum Gasteiger partial charge on any atom is -0.336 e. The van der Waals surface area contributed by atoms with Gasteiger partial charge in [-0.05, 0) is 60.2 Å². The van der Waals surface area contributed by atoms with Crippen molar-refractivity contribution in [2.75, 3.05) is 13.6 Å². The number of fused-ring (bicyclic) bond motifs is 2. The van der Waals surface area contributed by atoms with E-state index < -0.39 is 11.6 Å². The van der Waals surface area contributed by atoms with Gasteiger partial charge in [0.25, 0.3) is 0 Å². The molecule has 1 aliphatic rings. The van der Waals surface area contributed by atoms with Crippen LogP contribution >= 0.6 is 0 Å². The Morgan fingerprint density at radius 1 is 1.03 bits per heavy atom. The predicted octanol–water partition coefficient (Wildman–Crippen LogP) is 4.48. The number of nitrogens with zero attached hydrogens (tertiary/aromatic N) is 2. The largest absolute Gasteiger partial charge is 0.336 e. The highest BCUT2D eigenvalue weighted by Gasteiger charge is 2.32. The smallest absolute Gasteiger partial charge is 0.246 e. The molecule has 182 valence electrons. The van der Waals surface area contributed by atoms with Crippen molar-refractivity contribution in [3.8, 4) is 0 Å². The van der Waals surface area contributed by atoms with E-state index in [9.17, 15) is 9.59 Å². The highest BCUT2D eigenvalue weighted by molar-refractivity contribution is 5.93. The molecule has 35 heavy (non-hydrogen) atoms. The minimum atomic E-state index is -0.593. The van der Waals surface area contributed by atoms with Crippen LogP contribution in [0.25, 0.3) is 10.8 Å². The monoisotopic (exact) mass is 469 g/mol.